The van der Waals surface area contributed by atoms with Gasteiger partial charge in [-0.3, -0.25) is 0 Å². The maximum Gasteiger partial charge on any atom is 0.0778 e. The molecule has 0 aromatic rings. The van der Waals surface area contributed by atoms with Gasteiger partial charge in [0, 0.05) is 11.9 Å². The van der Waals surface area contributed by atoms with Gasteiger partial charge < -0.3 is 4.74 Å². The van der Waals surface area contributed by atoms with E-state index in [-0.39, 0.29) is 5.60 Å². The molecule has 1 fully saturated rings. The molecule has 1 aliphatic carbocycles. The summed E-state index contributed by atoms with van der Waals surface area (Å²) in [7, 11) is 0. The largest absolute Gasteiger partial charge is 0.374 e. The molecule has 1 nitrogen and oxygen atoms in total. The highest BCUT2D eigenvalue weighted by atomic mass is 79.9. The predicted molar refractivity (Wildman–Crippen MR) is 65.1 cm³/mol. The summed E-state index contributed by atoms with van der Waals surface area (Å²) in [5.74, 6) is 0. The van der Waals surface area contributed by atoms with E-state index in [9.17, 15) is 0 Å². The van der Waals surface area contributed by atoms with E-state index in [0.29, 0.717) is 0 Å². The minimum Gasteiger partial charge on any atom is -0.374 e. The molecule has 0 atom stereocenters. The average molecular weight is 263 g/mol. The first-order chi connectivity index (χ1) is 6.83. The molecule has 1 rings (SSSR count). The Bertz CT molecular complexity index is 141. The molecule has 0 aromatic heterocycles. The predicted octanol–water partition coefficient (Wildman–Crippen LogP) is 4.29. The Kier molecular flexibility index (Phi) is 6.11. The van der Waals surface area contributed by atoms with Crippen LogP contribution in [0.3, 0.4) is 0 Å². The Hall–Kier alpha value is 0.440. The summed E-state index contributed by atoms with van der Waals surface area (Å²) >= 11 is 3.61. The van der Waals surface area contributed by atoms with E-state index in [1.165, 1.54) is 51.4 Å². The van der Waals surface area contributed by atoms with E-state index in [0.717, 1.165) is 11.9 Å². The van der Waals surface area contributed by atoms with Crippen molar-refractivity contribution in [1.29, 1.82) is 0 Å². The fraction of sp³-hybridized carbons (Fsp3) is 1.00. The summed E-state index contributed by atoms with van der Waals surface area (Å²) in [5, 5.41) is 1.02. The van der Waals surface area contributed by atoms with E-state index < -0.39 is 0 Å². The van der Waals surface area contributed by atoms with Crippen LogP contribution in [-0.2, 0) is 4.74 Å². The van der Waals surface area contributed by atoms with Crippen molar-refractivity contribution in [2.75, 3.05) is 11.9 Å². The third-order valence-electron chi connectivity index (χ3n) is 3.16. The molecule has 84 valence electrons. The van der Waals surface area contributed by atoms with Crippen LogP contribution in [0.25, 0.3) is 0 Å². The summed E-state index contributed by atoms with van der Waals surface area (Å²) in [5.41, 5.74) is 0.186. The topological polar surface area (TPSA) is 9.23 Å². The van der Waals surface area contributed by atoms with Crippen molar-refractivity contribution < 1.29 is 4.74 Å². The molecule has 0 heterocycles. The highest BCUT2D eigenvalue weighted by Crippen LogP contribution is 2.33. The Morgan fingerprint density at radius 2 is 1.86 bits per heavy atom. The molecule has 1 aliphatic rings. The minimum absolute atomic E-state index is 0.186. The monoisotopic (exact) mass is 262 g/mol. The number of hydrogen-bond donors (Lipinski definition) is 0. The van der Waals surface area contributed by atoms with E-state index in [4.69, 9.17) is 4.74 Å². The molecular weight excluding hydrogens is 240 g/mol. The molecule has 0 amide bonds. The lowest BCUT2D eigenvalue weighted by atomic mass is 9.86. The lowest BCUT2D eigenvalue weighted by Crippen LogP contribution is -2.37. The van der Waals surface area contributed by atoms with Gasteiger partial charge in [-0.1, -0.05) is 55.0 Å². The Labute approximate surface area is 96.7 Å². The van der Waals surface area contributed by atoms with Crippen LogP contribution < -0.4 is 0 Å². The van der Waals surface area contributed by atoms with Crippen molar-refractivity contribution in [3.05, 3.63) is 0 Å². The molecule has 0 radical (unpaired) electrons. The van der Waals surface area contributed by atoms with Crippen LogP contribution in [0.1, 0.15) is 58.3 Å². The van der Waals surface area contributed by atoms with E-state index in [2.05, 4.69) is 22.9 Å². The fourth-order valence-electron chi connectivity index (χ4n) is 2.15. The van der Waals surface area contributed by atoms with Crippen LogP contribution in [0.5, 0.6) is 0 Å². The minimum atomic E-state index is 0.186. The zero-order valence-electron chi connectivity index (χ0n) is 9.36. The zero-order valence-corrected chi connectivity index (χ0v) is 10.9. The molecule has 0 bridgehead atoms. The first kappa shape index (κ1) is 12.5. The molecule has 0 unspecified atom stereocenters. The second-order valence-electron chi connectivity index (χ2n) is 4.43. The third kappa shape index (κ3) is 3.90. The smallest absolute Gasteiger partial charge is 0.0778 e. The van der Waals surface area contributed by atoms with Crippen LogP contribution in [0.4, 0.5) is 0 Å². The van der Waals surface area contributed by atoms with Crippen molar-refractivity contribution >= 4 is 15.9 Å². The molecule has 2 heteroatoms. The van der Waals surface area contributed by atoms with Gasteiger partial charge in [0.25, 0.3) is 0 Å². The number of unbranched alkanes of at least 4 members (excludes halogenated alkanes) is 2. The molecule has 14 heavy (non-hydrogen) atoms. The highest BCUT2D eigenvalue weighted by molar-refractivity contribution is 9.09. The van der Waals surface area contributed by atoms with Gasteiger partial charge in [-0.2, -0.15) is 0 Å². The van der Waals surface area contributed by atoms with E-state index >= 15 is 0 Å². The summed E-state index contributed by atoms with van der Waals surface area (Å²) in [4.78, 5) is 0. The highest BCUT2D eigenvalue weighted by Gasteiger charge is 2.31. The van der Waals surface area contributed by atoms with Gasteiger partial charge in [-0.15, -0.1) is 0 Å². The number of halogens is 1. The van der Waals surface area contributed by atoms with Crippen LogP contribution in [0.15, 0.2) is 0 Å². The van der Waals surface area contributed by atoms with Crippen molar-refractivity contribution in [1.82, 2.24) is 0 Å². The first-order valence-corrected chi connectivity index (χ1v) is 7.15. The van der Waals surface area contributed by atoms with Crippen LogP contribution in [0.2, 0.25) is 0 Å². The van der Waals surface area contributed by atoms with Gasteiger partial charge in [0.05, 0.1) is 5.60 Å². The molecule has 0 aliphatic heterocycles. The number of ether oxygens (including phenoxy) is 1. The van der Waals surface area contributed by atoms with E-state index in [1.54, 1.807) is 0 Å². The number of alkyl halides is 1. The quantitative estimate of drug-likeness (QED) is 0.513. The Morgan fingerprint density at radius 1 is 1.14 bits per heavy atom. The molecule has 0 aromatic carbocycles. The lowest BCUT2D eigenvalue weighted by molar-refractivity contribution is -0.0527. The van der Waals surface area contributed by atoms with Gasteiger partial charge in [0.1, 0.15) is 0 Å². The molecule has 1 saturated carbocycles. The standard InChI is InChI=1S/C12H23BrO/c1-2-3-7-10-14-12(11-13)8-5-4-6-9-12/h2-11H2,1H3. The number of rotatable bonds is 6. The average Bonchev–Trinajstić information content (AvgIpc) is 2.26. The van der Waals surface area contributed by atoms with Crippen LogP contribution >= 0.6 is 15.9 Å². The summed E-state index contributed by atoms with van der Waals surface area (Å²) in [6.45, 7) is 3.19. The molecular formula is C12H23BrO. The Balaban J connectivity index is 2.22. The Morgan fingerprint density at radius 3 is 2.43 bits per heavy atom. The zero-order chi connectivity index (χ0) is 10.3. The SMILES string of the molecule is CCCCCOC1(CBr)CCCCC1. The van der Waals surface area contributed by atoms with Crippen molar-refractivity contribution in [3.8, 4) is 0 Å². The second-order valence-corrected chi connectivity index (χ2v) is 4.99. The first-order valence-electron chi connectivity index (χ1n) is 6.03. The number of hydrogen-bond acceptors (Lipinski definition) is 1. The van der Waals surface area contributed by atoms with Crippen molar-refractivity contribution in [3.63, 3.8) is 0 Å². The van der Waals surface area contributed by atoms with Gasteiger partial charge >= 0.3 is 0 Å². The van der Waals surface area contributed by atoms with Crippen LogP contribution in [0, 0.1) is 0 Å². The van der Waals surface area contributed by atoms with Crippen molar-refractivity contribution in [2.24, 2.45) is 0 Å². The maximum atomic E-state index is 6.07. The fourth-order valence-corrected chi connectivity index (χ4v) is 2.88. The summed E-state index contributed by atoms with van der Waals surface area (Å²) in [6, 6.07) is 0. The van der Waals surface area contributed by atoms with Crippen molar-refractivity contribution in [2.45, 2.75) is 63.9 Å². The second kappa shape index (κ2) is 6.84. The van der Waals surface area contributed by atoms with Gasteiger partial charge in [0.15, 0.2) is 0 Å². The summed E-state index contributed by atoms with van der Waals surface area (Å²) < 4.78 is 6.07. The summed E-state index contributed by atoms with van der Waals surface area (Å²) in [6.07, 6.45) is 10.4. The van der Waals surface area contributed by atoms with Gasteiger partial charge in [0.2, 0.25) is 0 Å². The van der Waals surface area contributed by atoms with Crippen LogP contribution in [-0.4, -0.2) is 17.5 Å². The molecule has 0 N–H and O–H groups in total. The molecule has 0 saturated heterocycles. The maximum absolute atomic E-state index is 6.07. The lowest BCUT2D eigenvalue weighted by Gasteiger charge is -2.35. The van der Waals surface area contributed by atoms with Gasteiger partial charge in [-0.25, -0.2) is 0 Å². The third-order valence-corrected chi connectivity index (χ3v) is 4.19. The van der Waals surface area contributed by atoms with E-state index in [1.807, 2.05) is 0 Å². The molecule has 0 spiro atoms. The van der Waals surface area contributed by atoms with Gasteiger partial charge in [-0.05, 0) is 19.3 Å². The normalized spacial score (nSPS) is 21.0.